The number of aromatic nitrogens is 2. The lowest BCUT2D eigenvalue weighted by Crippen LogP contribution is -2.36. The van der Waals surface area contributed by atoms with Gasteiger partial charge in [-0.15, -0.1) is 0 Å². The largest absolute Gasteiger partial charge is 0.387 e. The molecule has 1 atom stereocenters. The third-order valence-corrected chi connectivity index (χ3v) is 4.24. The van der Waals surface area contributed by atoms with Crippen LogP contribution >= 0.6 is 0 Å². The molecule has 0 radical (unpaired) electrons. The molecule has 124 valence electrons. The summed E-state index contributed by atoms with van der Waals surface area (Å²) in [7, 11) is 0. The monoisotopic (exact) mass is 323 g/mol. The zero-order chi connectivity index (χ0) is 16.4. The number of aliphatic hydroxyl groups excluding tert-OH is 1. The molecule has 23 heavy (non-hydrogen) atoms. The summed E-state index contributed by atoms with van der Waals surface area (Å²) in [6, 6.07) is 3.50. The van der Waals surface area contributed by atoms with Gasteiger partial charge in [-0.2, -0.15) is 4.98 Å². The third kappa shape index (κ3) is 3.73. The first-order valence-corrected chi connectivity index (χ1v) is 7.68. The summed E-state index contributed by atoms with van der Waals surface area (Å²) in [6.07, 6.45) is 0.894. The van der Waals surface area contributed by atoms with Crippen molar-refractivity contribution in [1.82, 2.24) is 15.0 Å². The van der Waals surface area contributed by atoms with Gasteiger partial charge in [-0.3, -0.25) is 0 Å². The quantitative estimate of drug-likeness (QED) is 0.937. The van der Waals surface area contributed by atoms with E-state index < -0.39 is 17.7 Å². The van der Waals surface area contributed by atoms with E-state index in [4.69, 9.17) is 4.52 Å². The molecule has 2 aromatic rings. The lowest BCUT2D eigenvalue weighted by atomic mass is 9.96. The molecule has 1 saturated heterocycles. The smallest absolute Gasteiger partial charge is 0.229 e. The Morgan fingerprint density at radius 1 is 1.30 bits per heavy atom. The number of hydrogen-bond donors (Lipinski definition) is 1. The predicted octanol–water partition coefficient (Wildman–Crippen LogP) is 2.57. The van der Waals surface area contributed by atoms with Crippen LogP contribution in [0.1, 0.15) is 42.1 Å². The molecule has 1 aromatic heterocycles. The molecule has 1 aliphatic heterocycles. The van der Waals surface area contributed by atoms with Crippen LogP contribution in [0.25, 0.3) is 0 Å². The second kappa shape index (κ2) is 6.72. The van der Waals surface area contributed by atoms with E-state index >= 15 is 0 Å². The highest BCUT2D eigenvalue weighted by molar-refractivity contribution is 5.20. The van der Waals surface area contributed by atoms with Crippen molar-refractivity contribution in [3.8, 4) is 0 Å². The van der Waals surface area contributed by atoms with Crippen molar-refractivity contribution in [3.05, 3.63) is 47.1 Å². The number of rotatable bonds is 4. The van der Waals surface area contributed by atoms with Crippen LogP contribution in [0.3, 0.4) is 0 Å². The minimum absolute atomic E-state index is 0.243. The van der Waals surface area contributed by atoms with E-state index in [2.05, 4.69) is 15.0 Å². The predicted molar refractivity (Wildman–Crippen MR) is 78.8 cm³/mol. The number of hydrogen-bond acceptors (Lipinski definition) is 5. The number of likely N-dealkylation sites (tertiary alicyclic amines) is 1. The first-order chi connectivity index (χ1) is 11.0. The maximum Gasteiger partial charge on any atom is 0.229 e. The van der Waals surface area contributed by atoms with Crippen molar-refractivity contribution in [1.29, 1.82) is 0 Å². The molecule has 0 spiro atoms. The third-order valence-electron chi connectivity index (χ3n) is 4.24. The van der Waals surface area contributed by atoms with Gasteiger partial charge in [0.15, 0.2) is 17.5 Å². The Bertz CT molecular complexity index is 669. The van der Waals surface area contributed by atoms with Gasteiger partial charge in [-0.05, 0) is 50.6 Å². The van der Waals surface area contributed by atoms with Crippen LogP contribution in [-0.2, 0) is 0 Å². The Hall–Kier alpha value is -1.86. The summed E-state index contributed by atoms with van der Waals surface area (Å²) in [5, 5.41) is 14.0. The average molecular weight is 323 g/mol. The summed E-state index contributed by atoms with van der Waals surface area (Å²) in [4.78, 5) is 6.37. The Labute approximate surface area is 132 Å². The fourth-order valence-electron chi connectivity index (χ4n) is 2.91. The average Bonchev–Trinajstić information content (AvgIpc) is 2.97. The zero-order valence-corrected chi connectivity index (χ0v) is 12.9. The number of β-amino-alcohol motifs (C(OH)–C–C–N with tert-alkyl or cyclic N) is 1. The molecule has 0 amide bonds. The van der Waals surface area contributed by atoms with E-state index in [-0.39, 0.29) is 5.92 Å². The molecule has 1 fully saturated rings. The van der Waals surface area contributed by atoms with Gasteiger partial charge in [0.2, 0.25) is 5.89 Å². The molecule has 1 aromatic carbocycles. The minimum atomic E-state index is -0.938. The van der Waals surface area contributed by atoms with Gasteiger partial charge in [-0.1, -0.05) is 11.2 Å². The van der Waals surface area contributed by atoms with Crippen LogP contribution in [0.15, 0.2) is 22.7 Å². The zero-order valence-electron chi connectivity index (χ0n) is 12.9. The van der Waals surface area contributed by atoms with Crippen molar-refractivity contribution in [2.75, 3.05) is 19.6 Å². The van der Waals surface area contributed by atoms with Gasteiger partial charge in [-0.25, -0.2) is 8.78 Å². The van der Waals surface area contributed by atoms with Crippen molar-refractivity contribution in [2.45, 2.75) is 31.8 Å². The van der Waals surface area contributed by atoms with Crippen LogP contribution in [0.2, 0.25) is 0 Å². The van der Waals surface area contributed by atoms with E-state index in [0.29, 0.717) is 23.8 Å². The van der Waals surface area contributed by atoms with Crippen molar-refractivity contribution >= 4 is 0 Å². The fourth-order valence-corrected chi connectivity index (χ4v) is 2.91. The maximum atomic E-state index is 13.2. The van der Waals surface area contributed by atoms with Crippen molar-refractivity contribution in [2.24, 2.45) is 0 Å². The topological polar surface area (TPSA) is 62.4 Å². The molecule has 0 saturated carbocycles. The lowest BCUT2D eigenvalue weighted by Gasteiger charge is -2.31. The van der Waals surface area contributed by atoms with Crippen LogP contribution in [0.5, 0.6) is 0 Å². The molecule has 1 aliphatic rings. The molecular weight excluding hydrogens is 304 g/mol. The van der Waals surface area contributed by atoms with E-state index in [1.807, 2.05) is 0 Å². The molecule has 2 heterocycles. The summed E-state index contributed by atoms with van der Waals surface area (Å²) in [5.74, 6) is -0.295. The van der Waals surface area contributed by atoms with Gasteiger partial charge in [0.05, 0.1) is 6.10 Å². The highest BCUT2D eigenvalue weighted by Crippen LogP contribution is 2.28. The summed E-state index contributed by atoms with van der Waals surface area (Å²) < 4.78 is 31.4. The molecule has 5 nitrogen and oxygen atoms in total. The van der Waals surface area contributed by atoms with Crippen molar-refractivity contribution < 1.29 is 18.4 Å². The highest BCUT2D eigenvalue weighted by Gasteiger charge is 2.26. The van der Waals surface area contributed by atoms with Crippen LogP contribution in [-0.4, -0.2) is 39.8 Å². The summed E-state index contributed by atoms with van der Waals surface area (Å²) in [6.45, 7) is 3.75. The molecule has 7 heteroatoms. The Kier molecular flexibility index (Phi) is 4.68. The van der Waals surface area contributed by atoms with Crippen molar-refractivity contribution in [3.63, 3.8) is 0 Å². The van der Waals surface area contributed by atoms with Gasteiger partial charge in [0.25, 0.3) is 0 Å². The highest BCUT2D eigenvalue weighted by atomic mass is 19.2. The van der Waals surface area contributed by atoms with Gasteiger partial charge >= 0.3 is 0 Å². The second-order valence-electron chi connectivity index (χ2n) is 5.94. The Morgan fingerprint density at radius 2 is 2.04 bits per heavy atom. The molecule has 0 bridgehead atoms. The SMILES string of the molecule is Cc1noc(C2CCN(CC(O)c3ccc(F)c(F)c3)CC2)n1. The van der Waals surface area contributed by atoms with Gasteiger partial charge < -0.3 is 14.5 Å². The minimum Gasteiger partial charge on any atom is -0.387 e. The van der Waals surface area contributed by atoms with Crippen LogP contribution < -0.4 is 0 Å². The molecule has 0 aliphatic carbocycles. The standard InChI is InChI=1S/C16H19F2N3O2/c1-10-19-16(23-20-10)11-4-6-21(7-5-11)9-15(22)12-2-3-13(17)14(18)8-12/h2-3,8,11,15,22H,4-7,9H2,1H3. The van der Waals surface area contributed by atoms with E-state index in [0.717, 1.165) is 38.1 Å². The number of aliphatic hydroxyl groups is 1. The van der Waals surface area contributed by atoms with Gasteiger partial charge in [0.1, 0.15) is 0 Å². The maximum absolute atomic E-state index is 13.2. The lowest BCUT2D eigenvalue weighted by molar-refractivity contribution is 0.0939. The van der Waals surface area contributed by atoms with E-state index in [1.165, 1.54) is 6.07 Å². The van der Waals surface area contributed by atoms with Gasteiger partial charge in [0, 0.05) is 12.5 Å². The first-order valence-electron chi connectivity index (χ1n) is 7.68. The molecule has 1 unspecified atom stereocenters. The second-order valence-corrected chi connectivity index (χ2v) is 5.94. The normalized spacial score (nSPS) is 18.3. The number of piperidine rings is 1. The fraction of sp³-hybridized carbons (Fsp3) is 0.500. The molecule has 1 N–H and O–H groups in total. The molecule has 3 rings (SSSR count). The molecular formula is C16H19F2N3O2. The number of aryl methyl sites for hydroxylation is 1. The number of nitrogens with zero attached hydrogens (tertiary/aromatic N) is 3. The summed E-state index contributed by atoms with van der Waals surface area (Å²) in [5.41, 5.74) is 0.388. The first kappa shape index (κ1) is 16.0. The number of benzene rings is 1. The summed E-state index contributed by atoms with van der Waals surface area (Å²) >= 11 is 0. The van der Waals surface area contributed by atoms with Crippen LogP contribution in [0, 0.1) is 18.6 Å². The van der Waals surface area contributed by atoms with Crippen LogP contribution in [0.4, 0.5) is 8.78 Å². The van der Waals surface area contributed by atoms with E-state index in [9.17, 15) is 13.9 Å². The Balaban J connectivity index is 1.54. The Morgan fingerprint density at radius 3 is 2.65 bits per heavy atom. The number of halogens is 2. The van der Waals surface area contributed by atoms with E-state index in [1.54, 1.807) is 6.92 Å².